The number of carbonyl (C=O) groups excluding carboxylic acids is 2. The predicted molar refractivity (Wildman–Crippen MR) is 268 cm³/mol. The van der Waals surface area contributed by atoms with Crippen LogP contribution in [-0.4, -0.2) is 124 Å². The van der Waals surface area contributed by atoms with E-state index in [4.69, 9.17) is 15.0 Å². The van der Waals surface area contributed by atoms with Gasteiger partial charge in [-0.15, -0.1) is 20.4 Å². The zero-order valence-electron chi connectivity index (χ0n) is 44.8. The smallest absolute Gasteiger partial charge is 0.327 e. The van der Waals surface area contributed by atoms with Crippen molar-refractivity contribution in [2.45, 2.75) is 213 Å². The van der Waals surface area contributed by atoms with Crippen LogP contribution in [0, 0.1) is 10.8 Å². The van der Waals surface area contributed by atoms with E-state index < -0.39 is 33.1 Å². The molecule has 0 saturated carbocycles. The molecule has 3 heterocycles. The fourth-order valence-electron chi connectivity index (χ4n) is 2.41. The van der Waals surface area contributed by atoms with Crippen molar-refractivity contribution in [2.24, 2.45) is 26.1 Å². The van der Waals surface area contributed by atoms with Crippen molar-refractivity contribution in [1.82, 2.24) is 40.4 Å². The summed E-state index contributed by atoms with van der Waals surface area (Å²) < 4.78 is 33.1. The molecule has 20 nitrogen and oxygen atoms in total. The minimum absolute atomic E-state index is 0. The summed E-state index contributed by atoms with van der Waals surface area (Å²) in [4.78, 5) is 45.7. The monoisotopic (exact) mass is 980 g/mol. The van der Waals surface area contributed by atoms with Gasteiger partial charge in [0.05, 0.1) is 4.75 Å². The van der Waals surface area contributed by atoms with Crippen LogP contribution < -0.4 is 0 Å². The highest BCUT2D eigenvalue weighted by Crippen LogP contribution is 2.49. The highest BCUT2D eigenvalue weighted by Gasteiger charge is 2.29. The Bertz CT molecular complexity index is 1980. The van der Waals surface area contributed by atoms with Crippen molar-refractivity contribution in [2.75, 3.05) is 19.6 Å². The van der Waals surface area contributed by atoms with Gasteiger partial charge in [0.2, 0.25) is 7.37 Å². The number of hydrogen-bond donors (Lipinski definition) is 3. The maximum Gasteiger partial charge on any atom is 0.327 e. The molecule has 0 amide bonds. The second-order valence-electron chi connectivity index (χ2n) is 22.8. The van der Waals surface area contributed by atoms with Crippen LogP contribution in [0.15, 0.2) is 15.2 Å². The van der Waals surface area contributed by atoms with Crippen molar-refractivity contribution in [1.29, 1.82) is 0 Å². The van der Waals surface area contributed by atoms with E-state index in [9.17, 15) is 27.4 Å². The van der Waals surface area contributed by atoms with Crippen molar-refractivity contribution in [3.05, 3.63) is 11.6 Å². The molecular formula is C43H91BN11O9PS. The first-order valence-corrected chi connectivity index (χ1v) is 25.2. The van der Waals surface area contributed by atoms with Crippen LogP contribution in [0.1, 0.15) is 178 Å². The zero-order valence-corrected chi connectivity index (χ0v) is 46.5. The quantitative estimate of drug-likeness (QED) is 0.191. The lowest BCUT2D eigenvalue weighted by molar-refractivity contribution is -0.138. The van der Waals surface area contributed by atoms with E-state index in [2.05, 4.69) is 66.9 Å². The molecule has 1 atom stereocenters. The Kier molecular flexibility index (Phi) is 30.3. The molecule has 2 aromatic heterocycles. The number of azo groups is 1. The molecule has 0 bridgehead atoms. The number of ketones is 2. The molecule has 66 heavy (non-hydrogen) atoms. The summed E-state index contributed by atoms with van der Waals surface area (Å²) in [5, 5.41) is 47.1. The number of aliphatic carboxylic acids is 1. The summed E-state index contributed by atoms with van der Waals surface area (Å²) in [6, 6.07) is 0. The number of hydrogen-bond acceptors (Lipinski definition) is 16. The van der Waals surface area contributed by atoms with E-state index in [1.54, 1.807) is 60.0 Å². The van der Waals surface area contributed by atoms with E-state index in [1.807, 2.05) is 83.1 Å². The highest BCUT2D eigenvalue weighted by atomic mass is 32.2. The Morgan fingerprint density at radius 1 is 0.758 bits per heavy atom. The molecule has 1 unspecified atom stereocenters. The average molecular weight is 980 g/mol. The van der Waals surface area contributed by atoms with E-state index in [0.717, 1.165) is 16.5 Å². The maximum absolute atomic E-state index is 10.9. The predicted octanol–water partition coefficient (Wildman–Crippen LogP) is 8.64. The van der Waals surface area contributed by atoms with Gasteiger partial charge in [-0.2, -0.15) is 9.91 Å². The summed E-state index contributed by atoms with van der Waals surface area (Å²) in [6.45, 7) is 46.8. The SMILES string of the molecule is C.CB(O)C(C)(C)C.CC(=O)C(C)(C)C.CC(=O)Cn1nnnc1C(C)(C)C.CC(C)(C)C1=NCN=N1.CC(C)(C)P(C)(=O)O.CC(C)(C)S(C)(=O)=O.CC(C)(C)c1nnn(CC(=O)O)n1. The van der Waals surface area contributed by atoms with E-state index in [0.29, 0.717) is 12.5 Å². The number of aliphatic imine (C=N–C) groups is 1. The molecule has 0 fully saturated rings. The number of rotatable bonds is 4. The Morgan fingerprint density at radius 3 is 1.35 bits per heavy atom. The minimum Gasteiger partial charge on any atom is -0.480 e. The number of amidine groups is 1. The molecule has 0 radical (unpaired) electrons. The summed E-state index contributed by atoms with van der Waals surface area (Å²) in [6.07, 6.45) is 1.24. The summed E-state index contributed by atoms with van der Waals surface area (Å²) >= 11 is 0. The molecule has 0 aliphatic carbocycles. The Balaban J connectivity index is -0.000000222. The van der Waals surface area contributed by atoms with Crippen molar-refractivity contribution < 1.29 is 42.4 Å². The molecule has 386 valence electrons. The third-order valence-corrected chi connectivity index (χ3v) is 13.5. The lowest BCUT2D eigenvalue weighted by Gasteiger charge is -2.21. The van der Waals surface area contributed by atoms with Gasteiger partial charge in [0.1, 0.15) is 12.3 Å². The van der Waals surface area contributed by atoms with Crippen molar-refractivity contribution in [3.63, 3.8) is 0 Å². The Hall–Kier alpha value is -3.62. The van der Waals surface area contributed by atoms with Gasteiger partial charge in [-0.1, -0.05) is 139 Å². The van der Waals surface area contributed by atoms with Gasteiger partial charge in [0.25, 0.3) is 6.92 Å². The standard InChI is InChI=1S/C8H14N4O.C7H12N4O2.C6H11N3.C6H12O.C5H13BO.C5H13O2P.C5H12O2S.CH4/c1-6(13)5-12-7(8(2,3)4)9-10-11-12;1-7(2,3)6-8-10-11(9-6)4-5(12)13;1-6(2,3)5-7-4-8-9-5;1-5(7)6(2,3)4;1-5(2,3)6(4)7;2*1-5(2,3)8(4,6)7;/h5H2,1-4H3;4H2,1-3H3,(H,12,13);4H2,1-3H3;1-4H3;7H,1-4H3;1-4H3,(H,6,7);1-4H3;1H4. The molecule has 3 rings (SSSR count). The molecule has 1 aliphatic heterocycles. The van der Waals surface area contributed by atoms with Gasteiger partial charge in [0.15, 0.2) is 46.3 Å². The summed E-state index contributed by atoms with van der Waals surface area (Å²) in [7, 11) is -5.69. The molecule has 1 aliphatic rings. The largest absolute Gasteiger partial charge is 0.480 e. The lowest BCUT2D eigenvalue weighted by atomic mass is 9.50. The maximum atomic E-state index is 10.9. The van der Waals surface area contributed by atoms with Gasteiger partial charge in [-0.25, -0.2) is 18.1 Å². The van der Waals surface area contributed by atoms with Crippen molar-refractivity contribution in [3.8, 4) is 0 Å². The van der Waals surface area contributed by atoms with Gasteiger partial charge in [-0.05, 0) is 55.6 Å². The van der Waals surface area contributed by atoms with E-state index in [1.165, 1.54) is 19.8 Å². The first-order chi connectivity index (χ1) is 28.3. The number of carboxylic acids is 1. The van der Waals surface area contributed by atoms with Crippen LogP contribution in [0.25, 0.3) is 0 Å². The van der Waals surface area contributed by atoms with E-state index >= 15 is 0 Å². The number of carbonyl (C=O) groups is 3. The number of aromatic nitrogens is 8. The summed E-state index contributed by atoms with van der Waals surface area (Å²) in [5.74, 6) is 1.47. The van der Waals surface area contributed by atoms with Crippen LogP contribution >= 0.6 is 7.37 Å². The fourth-order valence-corrected chi connectivity index (χ4v) is 2.41. The van der Waals surface area contributed by atoms with Gasteiger partial charge >= 0.3 is 5.97 Å². The highest BCUT2D eigenvalue weighted by molar-refractivity contribution is 7.92. The number of tetrazole rings is 2. The van der Waals surface area contributed by atoms with Crippen LogP contribution in [-0.2, 0) is 52.7 Å². The first-order valence-electron chi connectivity index (χ1n) is 21.2. The van der Waals surface area contributed by atoms with Crippen LogP contribution in [0.4, 0.5) is 0 Å². The average Bonchev–Trinajstić information content (AvgIpc) is 3.82. The van der Waals surface area contributed by atoms with Gasteiger partial charge < -0.3 is 15.0 Å². The van der Waals surface area contributed by atoms with Gasteiger partial charge in [-0.3, -0.25) is 18.9 Å². The van der Waals surface area contributed by atoms with Crippen LogP contribution in [0.2, 0.25) is 12.1 Å². The Morgan fingerprint density at radius 2 is 1.15 bits per heavy atom. The Labute approximate surface area is 399 Å². The molecule has 2 aromatic rings. The van der Waals surface area contributed by atoms with Gasteiger partial charge in [0, 0.05) is 39.7 Å². The number of nitrogens with zero attached hydrogens (tertiary/aromatic N) is 11. The molecule has 3 N–H and O–H groups in total. The normalized spacial score (nSPS) is 13.7. The molecule has 0 saturated heterocycles. The molecule has 23 heteroatoms. The summed E-state index contributed by atoms with van der Waals surface area (Å²) in [5.41, 5.74) is -0.393. The minimum atomic E-state index is -2.85. The third kappa shape index (κ3) is 34.7. The van der Waals surface area contributed by atoms with Crippen LogP contribution in [0.3, 0.4) is 0 Å². The third-order valence-electron chi connectivity index (χ3n) is 8.76. The molecular weight excluding hydrogens is 888 g/mol. The fraction of sp³-hybridized carbons (Fsp3) is 0.860. The number of carboxylic acid groups (broad SMARTS) is 1. The molecule has 0 spiro atoms. The van der Waals surface area contributed by atoms with Crippen molar-refractivity contribution >= 4 is 47.5 Å². The lowest BCUT2D eigenvalue weighted by Crippen LogP contribution is -2.26. The van der Waals surface area contributed by atoms with Crippen LogP contribution in [0.5, 0.6) is 0 Å². The first kappa shape index (κ1) is 71.4. The molecule has 0 aromatic carbocycles. The number of sulfone groups is 1. The topological polar surface area (TPSA) is 287 Å². The second kappa shape index (κ2) is 28.0. The second-order valence-corrected chi connectivity index (χ2v) is 28.7. The zero-order chi connectivity index (χ0) is 53.2. The van der Waals surface area contributed by atoms with E-state index in [-0.39, 0.29) is 66.0 Å². The number of Topliss-reactive ketones (excluding diaryl/α,β-unsaturated/α-hetero) is 2.